The molecule has 1 aromatic heterocycles. The van der Waals surface area contributed by atoms with Crippen molar-refractivity contribution in [3.05, 3.63) is 86.3 Å². The summed E-state index contributed by atoms with van der Waals surface area (Å²) in [6.45, 7) is 16.9. The van der Waals surface area contributed by atoms with Crippen LogP contribution < -0.4 is 15.8 Å². The molecule has 2 aromatic carbocycles. The van der Waals surface area contributed by atoms with Crippen molar-refractivity contribution >= 4 is 17.7 Å². The van der Waals surface area contributed by atoms with E-state index >= 15 is 0 Å². The summed E-state index contributed by atoms with van der Waals surface area (Å²) in [5, 5.41) is 3.05. The topological polar surface area (TPSA) is 104 Å². The van der Waals surface area contributed by atoms with Gasteiger partial charge in [-0.1, -0.05) is 24.3 Å². The Hall–Kier alpha value is -4.11. The molecule has 0 spiro atoms. The minimum atomic E-state index is -0.525. The molecular weight excluding hydrogens is 628 g/mol. The second-order valence-electron chi connectivity index (χ2n) is 15.5. The molecule has 1 saturated heterocycles. The van der Waals surface area contributed by atoms with E-state index in [9.17, 15) is 14.4 Å². The lowest BCUT2D eigenvalue weighted by atomic mass is 9.94. The minimum Gasteiger partial charge on any atom is -0.444 e. The van der Waals surface area contributed by atoms with E-state index in [2.05, 4.69) is 52.5 Å². The van der Waals surface area contributed by atoms with E-state index in [-0.39, 0.29) is 36.1 Å². The van der Waals surface area contributed by atoms with Crippen LogP contribution in [0, 0.1) is 26.7 Å². The van der Waals surface area contributed by atoms with Crippen LogP contribution in [-0.4, -0.2) is 65.9 Å². The Morgan fingerprint density at radius 1 is 0.980 bits per heavy atom. The third-order valence-corrected chi connectivity index (χ3v) is 10.4. The molecule has 3 aliphatic rings. The highest BCUT2D eigenvalue weighted by atomic mass is 16.6. The fourth-order valence-electron chi connectivity index (χ4n) is 7.44. The highest BCUT2D eigenvalue weighted by molar-refractivity contribution is 5.99. The number of nitrogens with zero attached hydrogens (tertiary/aromatic N) is 2. The molecule has 2 saturated carbocycles. The van der Waals surface area contributed by atoms with Crippen molar-refractivity contribution in [2.45, 2.75) is 111 Å². The smallest absolute Gasteiger partial charge is 0.410 e. The molecule has 2 heterocycles. The zero-order valence-corrected chi connectivity index (χ0v) is 30.9. The Morgan fingerprint density at radius 2 is 1.68 bits per heavy atom. The lowest BCUT2D eigenvalue weighted by molar-refractivity contribution is 0.0220. The van der Waals surface area contributed by atoms with Gasteiger partial charge in [0.15, 0.2) is 0 Å². The summed E-state index contributed by atoms with van der Waals surface area (Å²) in [5.74, 6) is 0.657. The predicted octanol–water partition coefficient (Wildman–Crippen LogP) is 7.41. The van der Waals surface area contributed by atoms with Gasteiger partial charge in [0, 0.05) is 73.4 Å². The minimum absolute atomic E-state index is 0.148. The van der Waals surface area contributed by atoms with Gasteiger partial charge in [0.25, 0.3) is 11.5 Å². The van der Waals surface area contributed by atoms with E-state index in [0.29, 0.717) is 23.1 Å². The maximum Gasteiger partial charge on any atom is 0.410 e. The molecule has 9 heteroatoms. The Bertz CT molecular complexity index is 1770. The number of H-pyrrole nitrogens is 1. The SMILES string of the molecule is CCN(c1cc(-c2ccc([C@@H]3C[C@H]3N(CC3CC3)C(=O)OC(C)(C)C)cc2)cc(C(=O)NCc2c(C)cc(C)[nH]c2=O)c1C)C1CCOCC1. The number of carbonyl (C=O) groups is 2. The highest BCUT2D eigenvalue weighted by Crippen LogP contribution is 2.47. The van der Waals surface area contributed by atoms with Crippen LogP contribution in [0.15, 0.2) is 47.3 Å². The summed E-state index contributed by atoms with van der Waals surface area (Å²) >= 11 is 0. The Kier molecular flexibility index (Phi) is 10.4. The number of hydrogen-bond acceptors (Lipinski definition) is 6. The first-order valence-electron chi connectivity index (χ1n) is 18.4. The lowest BCUT2D eigenvalue weighted by Crippen LogP contribution is -2.40. The number of anilines is 1. The summed E-state index contributed by atoms with van der Waals surface area (Å²) in [4.78, 5) is 47.0. The number of ether oxygens (including phenoxy) is 2. The van der Waals surface area contributed by atoms with Crippen LogP contribution in [-0.2, 0) is 16.0 Å². The maximum absolute atomic E-state index is 13.9. The number of carbonyl (C=O) groups excluding carboxylic acids is 2. The number of pyridine rings is 1. The van der Waals surface area contributed by atoms with Crippen LogP contribution in [0.5, 0.6) is 0 Å². The van der Waals surface area contributed by atoms with Crippen molar-refractivity contribution in [2.75, 3.05) is 31.2 Å². The first-order chi connectivity index (χ1) is 23.8. The monoisotopic (exact) mass is 682 g/mol. The van der Waals surface area contributed by atoms with E-state index in [1.54, 1.807) is 0 Å². The first kappa shape index (κ1) is 35.7. The molecule has 1 aliphatic heterocycles. The second-order valence-corrected chi connectivity index (χ2v) is 15.5. The molecule has 6 rings (SSSR count). The first-order valence-corrected chi connectivity index (χ1v) is 18.4. The van der Waals surface area contributed by atoms with Crippen molar-refractivity contribution < 1.29 is 19.1 Å². The molecule has 2 atom stereocenters. The van der Waals surface area contributed by atoms with Gasteiger partial charge >= 0.3 is 6.09 Å². The number of benzene rings is 2. The second kappa shape index (κ2) is 14.6. The predicted molar refractivity (Wildman–Crippen MR) is 198 cm³/mol. The van der Waals surface area contributed by atoms with Crippen molar-refractivity contribution in [1.29, 1.82) is 0 Å². The van der Waals surface area contributed by atoms with Gasteiger partial charge in [-0.15, -0.1) is 0 Å². The van der Waals surface area contributed by atoms with E-state index in [0.717, 1.165) is 79.2 Å². The van der Waals surface area contributed by atoms with Crippen LogP contribution in [0.4, 0.5) is 10.5 Å². The summed E-state index contributed by atoms with van der Waals surface area (Å²) in [7, 11) is 0. The van der Waals surface area contributed by atoms with Gasteiger partial charge in [-0.25, -0.2) is 4.79 Å². The molecule has 2 N–H and O–H groups in total. The molecule has 268 valence electrons. The molecule has 3 fully saturated rings. The standard InChI is InChI=1S/C41H54N4O5/c1-8-44(32-15-17-49-18-16-32)36-21-31(20-33(27(36)4)38(46)42-23-35-25(2)19-26(3)43-39(35)47)29-11-13-30(14-12-29)34-22-37(34)45(24-28-9-10-28)40(48)50-41(5,6)7/h11-14,19-21,28,32,34,37H,8-10,15-18,22-24H2,1-7H3,(H,42,46)(H,43,47)/t34-,37+/m0/s1. The average Bonchev–Trinajstić information content (AvgIpc) is 4.00. The van der Waals surface area contributed by atoms with Crippen molar-refractivity contribution in [3.8, 4) is 11.1 Å². The van der Waals surface area contributed by atoms with Gasteiger partial charge in [-0.2, -0.15) is 0 Å². The third-order valence-electron chi connectivity index (χ3n) is 10.4. The maximum atomic E-state index is 13.9. The molecule has 9 nitrogen and oxygen atoms in total. The van der Waals surface area contributed by atoms with E-state index in [1.165, 1.54) is 18.4 Å². The third kappa shape index (κ3) is 8.26. The number of rotatable bonds is 11. The summed E-state index contributed by atoms with van der Waals surface area (Å²) in [6, 6.07) is 15.2. The highest BCUT2D eigenvalue weighted by Gasteiger charge is 2.47. The van der Waals surface area contributed by atoms with Gasteiger partial charge in [0.1, 0.15) is 5.60 Å². The van der Waals surface area contributed by atoms with Gasteiger partial charge < -0.3 is 29.6 Å². The summed E-state index contributed by atoms with van der Waals surface area (Å²) < 4.78 is 11.5. The number of aromatic amines is 1. The zero-order valence-electron chi connectivity index (χ0n) is 30.9. The van der Waals surface area contributed by atoms with Crippen molar-refractivity contribution in [1.82, 2.24) is 15.2 Å². The van der Waals surface area contributed by atoms with Crippen molar-refractivity contribution in [2.24, 2.45) is 5.92 Å². The van der Waals surface area contributed by atoms with E-state index in [4.69, 9.17) is 9.47 Å². The molecular formula is C41H54N4O5. The van der Waals surface area contributed by atoms with E-state index in [1.807, 2.05) is 58.6 Å². The molecule has 50 heavy (non-hydrogen) atoms. The molecule has 0 bridgehead atoms. The van der Waals surface area contributed by atoms with Crippen molar-refractivity contribution in [3.63, 3.8) is 0 Å². The number of hydrogen-bond donors (Lipinski definition) is 2. The molecule has 0 radical (unpaired) electrons. The summed E-state index contributed by atoms with van der Waals surface area (Å²) in [6.07, 6.45) is 4.96. The van der Waals surface area contributed by atoms with Gasteiger partial charge in [0.2, 0.25) is 0 Å². The molecule has 0 unspecified atom stereocenters. The Morgan fingerprint density at radius 3 is 2.30 bits per heavy atom. The summed E-state index contributed by atoms with van der Waals surface area (Å²) in [5.41, 5.74) is 7.29. The van der Waals surface area contributed by atoms with Crippen LogP contribution in [0.25, 0.3) is 11.1 Å². The zero-order chi connectivity index (χ0) is 35.7. The van der Waals surface area contributed by atoms with Gasteiger partial charge in [0.05, 0.1) is 0 Å². The Balaban J connectivity index is 1.27. The van der Waals surface area contributed by atoms with Crippen LogP contribution in [0.2, 0.25) is 0 Å². The number of aromatic nitrogens is 1. The van der Waals surface area contributed by atoms with Gasteiger partial charge in [-0.05, 0) is 133 Å². The van der Waals surface area contributed by atoms with Gasteiger partial charge in [-0.3, -0.25) is 9.59 Å². The average molecular weight is 683 g/mol. The molecule has 2 aliphatic carbocycles. The van der Waals surface area contributed by atoms with E-state index < -0.39 is 5.60 Å². The fourth-order valence-corrected chi connectivity index (χ4v) is 7.44. The normalized spacial score (nSPS) is 19.2. The Labute approximate surface area is 296 Å². The number of aryl methyl sites for hydroxylation is 2. The number of nitrogens with one attached hydrogen (secondary N) is 2. The largest absolute Gasteiger partial charge is 0.444 e. The van der Waals surface area contributed by atoms with Crippen LogP contribution in [0.3, 0.4) is 0 Å². The van der Waals surface area contributed by atoms with Crippen LogP contribution >= 0.6 is 0 Å². The number of amides is 2. The lowest BCUT2D eigenvalue weighted by Gasteiger charge is -2.37. The quantitative estimate of drug-likeness (QED) is 0.218. The molecule has 3 aromatic rings. The fraction of sp³-hybridized carbons (Fsp3) is 0.537. The van der Waals surface area contributed by atoms with Crippen LogP contribution in [0.1, 0.15) is 104 Å². The molecule has 2 amide bonds.